The van der Waals surface area contributed by atoms with E-state index in [1.54, 1.807) is 24.0 Å². The summed E-state index contributed by atoms with van der Waals surface area (Å²) < 4.78 is 6.82. The second kappa shape index (κ2) is 6.19. The summed E-state index contributed by atoms with van der Waals surface area (Å²) in [5.41, 5.74) is 1.85. The van der Waals surface area contributed by atoms with Gasteiger partial charge in [-0.15, -0.1) is 5.10 Å². The van der Waals surface area contributed by atoms with Crippen molar-refractivity contribution in [3.63, 3.8) is 0 Å². The van der Waals surface area contributed by atoms with Crippen LogP contribution in [-0.4, -0.2) is 33.2 Å². The first-order valence-corrected chi connectivity index (χ1v) is 7.34. The van der Waals surface area contributed by atoms with Crippen LogP contribution in [0.4, 0.5) is 5.82 Å². The van der Waals surface area contributed by atoms with Crippen molar-refractivity contribution in [3.05, 3.63) is 47.5 Å². The minimum absolute atomic E-state index is 0.202. The maximum atomic E-state index is 6.01. The van der Waals surface area contributed by atoms with E-state index in [9.17, 15) is 0 Å². The average Bonchev–Trinajstić information content (AvgIpc) is 3.00. The van der Waals surface area contributed by atoms with Gasteiger partial charge in [-0.3, -0.25) is 0 Å². The molecule has 114 valence electrons. The van der Waals surface area contributed by atoms with E-state index in [0.717, 1.165) is 23.7 Å². The van der Waals surface area contributed by atoms with Crippen molar-refractivity contribution in [1.29, 1.82) is 0 Å². The Bertz CT molecular complexity index is 771. The van der Waals surface area contributed by atoms with Gasteiger partial charge >= 0.3 is 0 Å². The van der Waals surface area contributed by atoms with Crippen LogP contribution < -0.4 is 9.64 Å². The minimum Gasteiger partial charge on any atom is -0.497 e. The molecular weight excluding hydrogens is 302 g/mol. The predicted molar refractivity (Wildman–Crippen MR) is 85.5 cm³/mol. The van der Waals surface area contributed by atoms with Crippen molar-refractivity contribution >= 4 is 23.1 Å². The number of anilines is 1. The third kappa shape index (κ3) is 2.82. The molecule has 2 heterocycles. The van der Waals surface area contributed by atoms with Gasteiger partial charge in [-0.1, -0.05) is 12.1 Å². The smallest absolute Gasteiger partial charge is 0.243 e. The molecule has 6 nitrogen and oxygen atoms in total. The van der Waals surface area contributed by atoms with Crippen LogP contribution in [0.1, 0.15) is 12.5 Å². The number of ether oxygens (including phenoxy) is 1. The van der Waals surface area contributed by atoms with Gasteiger partial charge in [0.15, 0.2) is 11.5 Å². The molecule has 0 aliphatic rings. The van der Waals surface area contributed by atoms with Gasteiger partial charge in [-0.25, -0.2) is 9.50 Å². The van der Waals surface area contributed by atoms with Crippen LogP contribution in [0, 0.1) is 0 Å². The molecule has 0 radical (unpaired) electrons. The summed E-state index contributed by atoms with van der Waals surface area (Å²) in [5, 5.41) is 4.31. The van der Waals surface area contributed by atoms with Gasteiger partial charge in [-0.2, -0.15) is 4.98 Å². The number of nitrogens with zero attached hydrogens (tertiary/aromatic N) is 5. The second-order valence-corrected chi connectivity index (χ2v) is 5.10. The highest BCUT2D eigenvalue weighted by Crippen LogP contribution is 2.21. The predicted octanol–water partition coefficient (Wildman–Crippen LogP) is 2.81. The van der Waals surface area contributed by atoms with E-state index >= 15 is 0 Å². The molecule has 0 aliphatic heterocycles. The largest absolute Gasteiger partial charge is 0.497 e. The summed E-state index contributed by atoms with van der Waals surface area (Å²) in [4.78, 5) is 10.8. The van der Waals surface area contributed by atoms with Crippen molar-refractivity contribution in [3.8, 4) is 5.75 Å². The minimum atomic E-state index is 0.202. The standard InChI is InChI=1S/C15H16ClN5O/c1-3-20(10-11-4-6-12(22-2)7-5-11)14-13-17-8-9-21(13)19-15(16)18-14/h4-9H,3,10H2,1-2H3. The number of rotatable bonds is 5. The number of aromatic nitrogens is 4. The molecule has 0 fully saturated rings. The van der Waals surface area contributed by atoms with E-state index in [1.165, 1.54) is 0 Å². The molecule has 0 N–H and O–H groups in total. The highest BCUT2D eigenvalue weighted by molar-refractivity contribution is 6.28. The molecule has 3 rings (SSSR count). The number of benzene rings is 1. The number of methoxy groups -OCH3 is 1. The van der Waals surface area contributed by atoms with E-state index in [4.69, 9.17) is 16.3 Å². The Morgan fingerprint density at radius 2 is 2.05 bits per heavy atom. The average molecular weight is 318 g/mol. The third-order valence-electron chi connectivity index (χ3n) is 3.42. The summed E-state index contributed by atoms with van der Waals surface area (Å²) in [6.45, 7) is 3.55. The van der Waals surface area contributed by atoms with Crippen LogP contribution in [0.25, 0.3) is 5.65 Å². The van der Waals surface area contributed by atoms with E-state index in [1.807, 2.05) is 24.3 Å². The molecule has 7 heteroatoms. The topological polar surface area (TPSA) is 55.5 Å². The first kappa shape index (κ1) is 14.6. The normalized spacial score (nSPS) is 10.9. The van der Waals surface area contributed by atoms with Gasteiger partial charge in [0.05, 0.1) is 7.11 Å². The Hall–Kier alpha value is -2.34. The van der Waals surface area contributed by atoms with Crippen LogP contribution >= 0.6 is 11.6 Å². The monoisotopic (exact) mass is 317 g/mol. The van der Waals surface area contributed by atoms with Crippen LogP contribution in [0.15, 0.2) is 36.7 Å². The summed E-state index contributed by atoms with van der Waals surface area (Å²) in [6, 6.07) is 7.96. The molecule has 22 heavy (non-hydrogen) atoms. The molecule has 0 bridgehead atoms. The fourth-order valence-electron chi connectivity index (χ4n) is 2.29. The van der Waals surface area contributed by atoms with Gasteiger partial charge < -0.3 is 9.64 Å². The van der Waals surface area contributed by atoms with Crippen LogP contribution in [0.2, 0.25) is 5.28 Å². The summed E-state index contributed by atoms with van der Waals surface area (Å²) in [5.74, 6) is 1.57. The summed E-state index contributed by atoms with van der Waals surface area (Å²) >= 11 is 6.01. The lowest BCUT2D eigenvalue weighted by atomic mass is 10.2. The fraction of sp³-hybridized carbons (Fsp3) is 0.267. The molecule has 0 aliphatic carbocycles. The Morgan fingerprint density at radius 3 is 2.73 bits per heavy atom. The van der Waals surface area contributed by atoms with E-state index < -0.39 is 0 Å². The van der Waals surface area contributed by atoms with E-state index in [0.29, 0.717) is 12.2 Å². The zero-order valence-corrected chi connectivity index (χ0v) is 13.2. The third-order valence-corrected chi connectivity index (χ3v) is 3.58. The van der Waals surface area contributed by atoms with Crippen LogP contribution in [0.5, 0.6) is 5.75 Å². The fourth-order valence-corrected chi connectivity index (χ4v) is 2.45. The highest BCUT2D eigenvalue weighted by atomic mass is 35.5. The van der Waals surface area contributed by atoms with Crippen LogP contribution in [0.3, 0.4) is 0 Å². The molecule has 0 spiro atoms. The maximum Gasteiger partial charge on any atom is 0.243 e. The molecule has 0 amide bonds. The van der Waals surface area contributed by atoms with E-state index in [-0.39, 0.29) is 5.28 Å². The zero-order valence-electron chi connectivity index (χ0n) is 12.4. The first-order chi connectivity index (χ1) is 10.7. The number of hydrogen-bond donors (Lipinski definition) is 0. The lowest BCUT2D eigenvalue weighted by Gasteiger charge is -2.22. The lowest BCUT2D eigenvalue weighted by Crippen LogP contribution is -2.24. The maximum absolute atomic E-state index is 6.01. The first-order valence-electron chi connectivity index (χ1n) is 6.96. The number of halogens is 1. The molecule has 2 aromatic heterocycles. The van der Waals surface area contributed by atoms with Crippen molar-refractivity contribution in [2.45, 2.75) is 13.5 Å². The summed E-state index contributed by atoms with van der Waals surface area (Å²) in [6.07, 6.45) is 3.44. The van der Waals surface area contributed by atoms with E-state index in [2.05, 4.69) is 26.9 Å². The Kier molecular flexibility index (Phi) is 4.11. The van der Waals surface area contributed by atoms with Crippen molar-refractivity contribution in [2.24, 2.45) is 0 Å². The van der Waals surface area contributed by atoms with Crippen molar-refractivity contribution in [2.75, 3.05) is 18.6 Å². The molecular formula is C15H16ClN5O. The SMILES string of the molecule is CCN(Cc1ccc(OC)cc1)c1nc(Cl)nn2ccnc12. The van der Waals surface area contributed by atoms with Gasteiger partial charge in [0, 0.05) is 25.5 Å². The van der Waals surface area contributed by atoms with Gasteiger partial charge in [0.25, 0.3) is 0 Å². The Labute approximate surface area is 133 Å². The highest BCUT2D eigenvalue weighted by Gasteiger charge is 2.14. The second-order valence-electron chi connectivity index (χ2n) is 4.76. The number of hydrogen-bond acceptors (Lipinski definition) is 5. The number of fused-ring (bicyclic) bond motifs is 1. The van der Waals surface area contributed by atoms with Gasteiger partial charge in [-0.05, 0) is 36.2 Å². The van der Waals surface area contributed by atoms with Gasteiger partial charge in [0.1, 0.15) is 5.75 Å². The van der Waals surface area contributed by atoms with Crippen molar-refractivity contribution in [1.82, 2.24) is 19.6 Å². The molecule has 0 unspecified atom stereocenters. The lowest BCUT2D eigenvalue weighted by molar-refractivity contribution is 0.414. The summed E-state index contributed by atoms with van der Waals surface area (Å²) in [7, 11) is 1.66. The molecule has 0 saturated carbocycles. The van der Waals surface area contributed by atoms with Gasteiger partial charge in [0.2, 0.25) is 5.28 Å². The quantitative estimate of drug-likeness (QED) is 0.724. The molecule has 0 saturated heterocycles. The number of imidazole rings is 1. The molecule has 1 aromatic carbocycles. The van der Waals surface area contributed by atoms with Crippen LogP contribution in [-0.2, 0) is 6.54 Å². The Morgan fingerprint density at radius 1 is 1.27 bits per heavy atom. The zero-order chi connectivity index (χ0) is 15.5. The van der Waals surface area contributed by atoms with Crippen molar-refractivity contribution < 1.29 is 4.74 Å². The molecule has 0 atom stereocenters. The Balaban J connectivity index is 1.93. The molecule has 3 aromatic rings.